The molecule has 0 atom stereocenters. The smallest absolute Gasteiger partial charge is 0.229 e. The van der Waals surface area contributed by atoms with E-state index in [1.165, 1.54) is 6.20 Å². The minimum Gasteiger partial charge on any atom is -0.439 e. The van der Waals surface area contributed by atoms with E-state index in [0.29, 0.717) is 17.3 Å². The highest BCUT2D eigenvalue weighted by molar-refractivity contribution is 6.02. The first-order chi connectivity index (χ1) is 12.1. The van der Waals surface area contributed by atoms with E-state index in [4.69, 9.17) is 4.74 Å². The van der Waals surface area contributed by atoms with Crippen molar-refractivity contribution in [2.24, 2.45) is 0 Å². The van der Waals surface area contributed by atoms with Crippen LogP contribution in [0.15, 0.2) is 48.7 Å². The Morgan fingerprint density at radius 2 is 1.84 bits per heavy atom. The van der Waals surface area contributed by atoms with Crippen LogP contribution in [0.4, 0.5) is 5.69 Å². The van der Waals surface area contributed by atoms with Crippen LogP contribution in [0.1, 0.15) is 19.3 Å². The molecule has 2 heterocycles. The monoisotopic (exact) mass is 339 g/mol. The number of ether oxygens (including phenoxy) is 1. The summed E-state index contributed by atoms with van der Waals surface area (Å²) in [6.07, 6.45) is 2.03. The number of aromatic nitrogens is 1. The number of likely N-dealkylation sites (tertiary alicyclic amines) is 1. The molecule has 7 nitrogen and oxygen atoms in total. The van der Waals surface area contributed by atoms with Crippen LogP contribution in [0.25, 0.3) is 0 Å². The third-order valence-electron chi connectivity index (χ3n) is 3.70. The Morgan fingerprint density at radius 3 is 2.56 bits per heavy atom. The van der Waals surface area contributed by atoms with Gasteiger partial charge in [-0.15, -0.1) is 0 Å². The van der Waals surface area contributed by atoms with E-state index in [1.54, 1.807) is 24.3 Å². The summed E-state index contributed by atoms with van der Waals surface area (Å²) in [5.41, 5.74) is 0.532. The molecule has 128 valence electrons. The van der Waals surface area contributed by atoms with Gasteiger partial charge in [0, 0.05) is 43.8 Å². The maximum absolute atomic E-state index is 12.0. The van der Waals surface area contributed by atoms with E-state index in [9.17, 15) is 14.4 Å². The molecular weight excluding hydrogens is 322 g/mol. The molecule has 3 amide bonds. The largest absolute Gasteiger partial charge is 0.439 e. The molecule has 3 rings (SSSR count). The molecule has 0 unspecified atom stereocenters. The molecule has 0 spiro atoms. The van der Waals surface area contributed by atoms with Crippen molar-refractivity contribution in [3.63, 3.8) is 0 Å². The summed E-state index contributed by atoms with van der Waals surface area (Å²) < 4.78 is 5.61. The van der Waals surface area contributed by atoms with Crippen LogP contribution in [-0.2, 0) is 14.4 Å². The first-order valence-electron chi connectivity index (χ1n) is 7.94. The van der Waals surface area contributed by atoms with Crippen LogP contribution >= 0.6 is 0 Å². The lowest BCUT2D eigenvalue weighted by molar-refractivity contribution is -0.138. The number of amides is 3. The fourth-order valence-corrected chi connectivity index (χ4v) is 2.46. The number of hydrogen-bond acceptors (Lipinski definition) is 5. The van der Waals surface area contributed by atoms with E-state index < -0.39 is 0 Å². The second-order valence-corrected chi connectivity index (χ2v) is 5.54. The Morgan fingerprint density at radius 1 is 1.12 bits per heavy atom. The molecule has 1 saturated heterocycles. The van der Waals surface area contributed by atoms with Crippen LogP contribution in [0.5, 0.6) is 11.6 Å². The number of hydrogen-bond donors (Lipinski definition) is 1. The van der Waals surface area contributed by atoms with Crippen molar-refractivity contribution in [2.75, 3.05) is 11.9 Å². The summed E-state index contributed by atoms with van der Waals surface area (Å²) in [5.74, 6) is 0.267. The van der Waals surface area contributed by atoms with Crippen LogP contribution in [-0.4, -0.2) is 34.2 Å². The number of rotatable bonds is 6. The van der Waals surface area contributed by atoms with Crippen molar-refractivity contribution in [3.05, 3.63) is 48.7 Å². The fourth-order valence-electron chi connectivity index (χ4n) is 2.46. The molecule has 1 aromatic heterocycles. The zero-order valence-electron chi connectivity index (χ0n) is 13.5. The van der Waals surface area contributed by atoms with Crippen LogP contribution in [0.3, 0.4) is 0 Å². The maximum atomic E-state index is 12.0. The third kappa shape index (κ3) is 4.41. The van der Waals surface area contributed by atoms with Gasteiger partial charge in [-0.1, -0.05) is 18.2 Å². The summed E-state index contributed by atoms with van der Waals surface area (Å²) in [6, 6.07) is 12.4. The second kappa shape index (κ2) is 7.57. The number of pyridine rings is 1. The number of para-hydroxylation sites is 1. The highest BCUT2D eigenvalue weighted by Gasteiger charge is 2.28. The summed E-state index contributed by atoms with van der Waals surface area (Å²) in [4.78, 5) is 40.3. The highest BCUT2D eigenvalue weighted by atomic mass is 16.5. The number of benzene rings is 1. The second-order valence-electron chi connectivity index (χ2n) is 5.54. The van der Waals surface area contributed by atoms with Gasteiger partial charge in [-0.2, -0.15) is 0 Å². The molecule has 0 radical (unpaired) electrons. The fraction of sp³-hybridized carbons (Fsp3) is 0.222. The molecular formula is C18H17N3O4. The molecule has 0 aliphatic carbocycles. The van der Waals surface area contributed by atoms with Gasteiger partial charge in [0.15, 0.2) is 0 Å². The van der Waals surface area contributed by atoms with Gasteiger partial charge in [0.05, 0.1) is 0 Å². The Labute approximate surface area is 144 Å². The number of nitrogens with zero attached hydrogens (tertiary/aromatic N) is 2. The molecule has 1 aliphatic heterocycles. The van der Waals surface area contributed by atoms with Gasteiger partial charge in [-0.05, 0) is 18.2 Å². The Balaban J connectivity index is 1.55. The number of anilines is 1. The minimum atomic E-state index is -0.288. The van der Waals surface area contributed by atoms with E-state index >= 15 is 0 Å². The van der Waals surface area contributed by atoms with Gasteiger partial charge in [0.1, 0.15) is 5.75 Å². The lowest BCUT2D eigenvalue weighted by Gasteiger charge is -2.13. The topological polar surface area (TPSA) is 88.6 Å². The van der Waals surface area contributed by atoms with Crippen molar-refractivity contribution >= 4 is 23.4 Å². The van der Waals surface area contributed by atoms with Gasteiger partial charge in [0.25, 0.3) is 0 Å². The first-order valence-corrected chi connectivity index (χ1v) is 7.94. The molecule has 0 bridgehead atoms. The minimum absolute atomic E-state index is 0.0503. The van der Waals surface area contributed by atoms with E-state index in [0.717, 1.165) is 4.90 Å². The van der Waals surface area contributed by atoms with Gasteiger partial charge >= 0.3 is 0 Å². The predicted octanol–water partition coefficient (Wildman–Crippen LogP) is 2.35. The zero-order valence-corrected chi connectivity index (χ0v) is 13.5. The first kappa shape index (κ1) is 16.6. The number of nitrogens with one attached hydrogen (secondary N) is 1. The number of carbonyl (C=O) groups is 3. The van der Waals surface area contributed by atoms with Crippen LogP contribution in [0, 0.1) is 0 Å². The summed E-state index contributed by atoms with van der Waals surface area (Å²) in [7, 11) is 0. The van der Waals surface area contributed by atoms with E-state index in [-0.39, 0.29) is 43.5 Å². The van der Waals surface area contributed by atoms with Crippen molar-refractivity contribution in [1.82, 2.24) is 9.88 Å². The summed E-state index contributed by atoms with van der Waals surface area (Å²) in [6.45, 7) is 0.0992. The van der Waals surface area contributed by atoms with Crippen molar-refractivity contribution in [3.8, 4) is 11.6 Å². The summed E-state index contributed by atoms with van der Waals surface area (Å²) >= 11 is 0. The summed E-state index contributed by atoms with van der Waals surface area (Å²) in [5, 5.41) is 2.71. The lowest BCUT2D eigenvalue weighted by atomic mass is 10.3. The SMILES string of the molecule is O=C(CCN1C(=O)CCC1=O)Nc1ccnc(Oc2ccccc2)c1. The van der Waals surface area contributed by atoms with Gasteiger partial charge in [-0.3, -0.25) is 19.3 Å². The van der Waals surface area contributed by atoms with Crippen LogP contribution < -0.4 is 10.1 Å². The van der Waals surface area contributed by atoms with Crippen molar-refractivity contribution in [1.29, 1.82) is 0 Å². The standard InChI is InChI=1S/C18H17N3O4/c22-15(9-11-21-17(23)6-7-18(21)24)20-13-8-10-19-16(12-13)25-14-4-2-1-3-5-14/h1-5,8,10,12H,6-7,9,11H2,(H,19,20,22). The molecule has 1 fully saturated rings. The lowest BCUT2D eigenvalue weighted by Crippen LogP contribution is -2.32. The Hall–Kier alpha value is -3.22. The van der Waals surface area contributed by atoms with Gasteiger partial charge in [0.2, 0.25) is 23.6 Å². The Bertz CT molecular complexity index is 776. The van der Waals surface area contributed by atoms with Crippen molar-refractivity contribution in [2.45, 2.75) is 19.3 Å². The highest BCUT2D eigenvalue weighted by Crippen LogP contribution is 2.21. The normalized spacial score (nSPS) is 13.8. The average molecular weight is 339 g/mol. The molecule has 1 aliphatic rings. The molecule has 0 saturated carbocycles. The van der Waals surface area contributed by atoms with E-state index in [1.807, 2.05) is 18.2 Å². The van der Waals surface area contributed by atoms with E-state index in [2.05, 4.69) is 10.3 Å². The third-order valence-corrected chi connectivity index (χ3v) is 3.70. The molecule has 1 N–H and O–H groups in total. The molecule has 1 aromatic carbocycles. The van der Waals surface area contributed by atoms with Gasteiger partial charge in [-0.25, -0.2) is 4.98 Å². The zero-order chi connectivity index (χ0) is 17.6. The van der Waals surface area contributed by atoms with Gasteiger partial charge < -0.3 is 10.1 Å². The number of carbonyl (C=O) groups excluding carboxylic acids is 3. The quantitative estimate of drug-likeness (QED) is 0.816. The molecule has 2 aromatic rings. The maximum Gasteiger partial charge on any atom is 0.229 e. The van der Waals surface area contributed by atoms with Crippen molar-refractivity contribution < 1.29 is 19.1 Å². The Kier molecular flexibility index (Phi) is 5.03. The molecule has 7 heteroatoms. The number of imide groups is 1. The van der Waals surface area contributed by atoms with Crippen LogP contribution in [0.2, 0.25) is 0 Å². The average Bonchev–Trinajstić information content (AvgIpc) is 2.92. The predicted molar refractivity (Wildman–Crippen MR) is 90.0 cm³/mol. The molecule has 25 heavy (non-hydrogen) atoms.